The minimum atomic E-state index is 0.688. The van der Waals surface area contributed by atoms with Crippen molar-refractivity contribution in [2.45, 2.75) is 52.4 Å². The van der Waals surface area contributed by atoms with Crippen LogP contribution in [0.25, 0.3) is 22.3 Å². The molecule has 0 unspecified atom stereocenters. The zero-order valence-corrected chi connectivity index (χ0v) is 22.5. The van der Waals surface area contributed by atoms with Crippen LogP contribution in [0.2, 0.25) is 0 Å². The van der Waals surface area contributed by atoms with Crippen molar-refractivity contribution in [1.29, 1.82) is 10.5 Å². The molecule has 0 saturated carbocycles. The molecule has 0 amide bonds. The van der Waals surface area contributed by atoms with Gasteiger partial charge in [0.15, 0.2) is 0 Å². The molecule has 0 heterocycles. The zero-order chi connectivity index (χ0) is 27.0. The first-order valence-corrected chi connectivity index (χ1v) is 13.4. The maximum atomic E-state index is 8.83. The predicted molar refractivity (Wildman–Crippen MR) is 157 cm³/mol. The largest absolute Gasteiger partial charge is 0.494 e. The van der Waals surface area contributed by atoms with Crippen LogP contribution in [-0.4, -0.2) is 6.61 Å². The molecule has 0 spiro atoms. The molecule has 0 fully saturated rings. The first kappa shape index (κ1) is 28.2. The van der Waals surface area contributed by atoms with E-state index in [4.69, 9.17) is 15.3 Å². The molecule has 0 aliphatic carbocycles. The molecular formula is C35H36N2O. The molecule has 0 aromatic heterocycles. The quantitative estimate of drug-likeness (QED) is 0.204. The number of ether oxygens (including phenoxy) is 1. The van der Waals surface area contributed by atoms with Gasteiger partial charge >= 0.3 is 0 Å². The van der Waals surface area contributed by atoms with Crippen LogP contribution < -0.4 is 4.74 Å². The van der Waals surface area contributed by atoms with E-state index >= 15 is 0 Å². The Hall–Kier alpha value is -4.34. The van der Waals surface area contributed by atoms with E-state index in [0.29, 0.717) is 11.1 Å². The topological polar surface area (TPSA) is 56.8 Å². The van der Waals surface area contributed by atoms with Gasteiger partial charge in [0, 0.05) is 0 Å². The second-order valence-corrected chi connectivity index (χ2v) is 9.38. The monoisotopic (exact) mass is 500 g/mol. The van der Waals surface area contributed by atoms with Gasteiger partial charge in [-0.05, 0) is 72.0 Å². The van der Waals surface area contributed by atoms with E-state index in [0.717, 1.165) is 35.5 Å². The highest BCUT2D eigenvalue weighted by molar-refractivity contribution is 5.65. The number of rotatable bonds is 10. The van der Waals surface area contributed by atoms with E-state index in [-0.39, 0.29) is 0 Å². The van der Waals surface area contributed by atoms with Crippen LogP contribution in [0.1, 0.15) is 62.1 Å². The molecule has 4 aromatic carbocycles. The lowest BCUT2D eigenvalue weighted by Gasteiger charge is -2.07. The first-order valence-electron chi connectivity index (χ1n) is 13.4. The molecule has 3 nitrogen and oxygen atoms in total. The number of hydrogen-bond acceptors (Lipinski definition) is 3. The van der Waals surface area contributed by atoms with Gasteiger partial charge in [-0.1, -0.05) is 105 Å². The molecule has 0 N–H and O–H groups in total. The van der Waals surface area contributed by atoms with Crippen molar-refractivity contribution in [3.63, 3.8) is 0 Å². The molecule has 192 valence electrons. The van der Waals surface area contributed by atoms with Gasteiger partial charge in [-0.2, -0.15) is 10.5 Å². The van der Waals surface area contributed by atoms with Crippen molar-refractivity contribution in [2.75, 3.05) is 6.61 Å². The van der Waals surface area contributed by atoms with Gasteiger partial charge in [-0.15, -0.1) is 0 Å². The van der Waals surface area contributed by atoms with Crippen LogP contribution in [0.3, 0.4) is 0 Å². The Balaban J connectivity index is 0.000000230. The maximum Gasteiger partial charge on any atom is 0.119 e. The van der Waals surface area contributed by atoms with Gasteiger partial charge < -0.3 is 4.74 Å². The summed E-state index contributed by atoms with van der Waals surface area (Å²) >= 11 is 0. The lowest BCUT2D eigenvalue weighted by Crippen LogP contribution is -1.97. The molecule has 0 aliphatic rings. The SMILES string of the molecule is CCCCCCCCOc1ccc(-c2ccc(C#N)cc2)cc1.Cc1ccc(-c2ccc(C#N)cc2)cc1. The molecule has 3 heteroatoms. The lowest BCUT2D eigenvalue weighted by molar-refractivity contribution is 0.304. The number of aryl methyl sites for hydroxylation is 1. The number of nitriles is 2. The normalized spacial score (nSPS) is 10.0. The number of nitrogens with zero attached hydrogens (tertiary/aromatic N) is 2. The Morgan fingerprint density at radius 3 is 1.37 bits per heavy atom. The molecule has 4 rings (SSSR count). The zero-order valence-electron chi connectivity index (χ0n) is 22.5. The summed E-state index contributed by atoms with van der Waals surface area (Å²) < 4.78 is 5.80. The lowest BCUT2D eigenvalue weighted by atomic mass is 10.0. The van der Waals surface area contributed by atoms with Crippen molar-refractivity contribution >= 4 is 0 Å². The fraction of sp³-hybridized carbons (Fsp3) is 0.257. The second-order valence-electron chi connectivity index (χ2n) is 9.38. The van der Waals surface area contributed by atoms with E-state index in [2.05, 4.69) is 62.4 Å². The van der Waals surface area contributed by atoms with Crippen LogP contribution in [0.5, 0.6) is 5.75 Å². The molecule has 38 heavy (non-hydrogen) atoms. The fourth-order valence-corrected chi connectivity index (χ4v) is 4.04. The van der Waals surface area contributed by atoms with Gasteiger partial charge in [0.05, 0.1) is 29.9 Å². The molecule has 0 aliphatic heterocycles. The van der Waals surface area contributed by atoms with Gasteiger partial charge in [0.1, 0.15) is 5.75 Å². The second kappa shape index (κ2) is 15.7. The standard InChI is InChI=1S/C21H25NO.C14H11N/c1-2-3-4-5-6-7-16-23-21-14-12-20(13-15-21)19-10-8-18(17-22)9-11-19;1-11-2-6-13(7-3-11)14-8-4-12(10-15)5-9-14/h8-15H,2-7,16H2,1H3;2-9H,1H3. The third-order valence-corrected chi connectivity index (χ3v) is 6.37. The van der Waals surface area contributed by atoms with Crippen LogP contribution in [0.15, 0.2) is 97.1 Å². The summed E-state index contributed by atoms with van der Waals surface area (Å²) in [6, 6.07) is 36.1. The van der Waals surface area contributed by atoms with Crippen molar-refractivity contribution in [1.82, 2.24) is 0 Å². The van der Waals surface area contributed by atoms with Crippen molar-refractivity contribution in [3.8, 4) is 40.1 Å². The van der Waals surface area contributed by atoms with Gasteiger partial charge in [-0.25, -0.2) is 0 Å². The Labute approximate surface area is 228 Å². The summed E-state index contributed by atoms with van der Waals surface area (Å²) in [5, 5.41) is 17.5. The number of unbranched alkanes of at least 4 members (excludes halogenated alkanes) is 5. The number of benzene rings is 4. The van der Waals surface area contributed by atoms with Crippen LogP contribution in [0.4, 0.5) is 0 Å². The third-order valence-electron chi connectivity index (χ3n) is 6.37. The smallest absolute Gasteiger partial charge is 0.119 e. The minimum Gasteiger partial charge on any atom is -0.494 e. The Kier molecular flexibility index (Phi) is 11.7. The third kappa shape index (κ3) is 9.27. The van der Waals surface area contributed by atoms with Crippen molar-refractivity contribution < 1.29 is 4.74 Å². The summed E-state index contributed by atoms with van der Waals surface area (Å²) in [5.74, 6) is 0.927. The maximum absolute atomic E-state index is 8.83. The van der Waals surface area contributed by atoms with Crippen LogP contribution in [0, 0.1) is 29.6 Å². The molecule has 0 radical (unpaired) electrons. The Bertz CT molecular complexity index is 1310. The molecule has 0 bridgehead atoms. The summed E-state index contributed by atoms with van der Waals surface area (Å²) in [7, 11) is 0. The van der Waals surface area contributed by atoms with Crippen molar-refractivity contribution in [2.24, 2.45) is 0 Å². The molecule has 0 saturated heterocycles. The number of hydrogen-bond donors (Lipinski definition) is 0. The average Bonchev–Trinajstić information content (AvgIpc) is 2.98. The Morgan fingerprint density at radius 2 is 0.921 bits per heavy atom. The van der Waals surface area contributed by atoms with Crippen LogP contribution in [-0.2, 0) is 0 Å². The van der Waals surface area contributed by atoms with E-state index in [9.17, 15) is 0 Å². The highest BCUT2D eigenvalue weighted by atomic mass is 16.5. The van der Waals surface area contributed by atoms with Crippen molar-refractivity contribution in [3.05, 3.63) is 114 Å². The van der Waals surface area contributed by atoms with Gasteiger partial charge in [-0.3, -0.25) is 0 Å². The summed E-state index contributed by atoms with van der Waals surface area (Å²) in [6.07, 6.45) is 7.68. The summed E-state index contributed by atoms with van der Waals surface area (Å²) in [6.45, 7) is 5.11. The minimum absolute atomic E-state index is 0.688. The summed E-state index contributed by atoms with van der Waals surface area (Å²) in [5.41, 5.74) is 7.23. The van der Waals surface area contributed by atoms with E-state index in [1.54, 1.807) is 0 Å². The van der Waals surface area contributed by atoms with Gasteiger partial charge in [0.25, 0.3) is 0 Å². The highest BCUT2D eigenvalue weighted by Gasteiger charge is 2.00. The Morgan fingerprint density at radius 1 is 0.526 bits per heavy atom. The molecular weight excluding hydrogens is 464 g/mol. The first-order chi connectivity index (χ1) is 18.6. The fourth-order valence-electron chi connectivity index (χ4n) is 4.04. The van der Waals surface area contributed by atoms with E-state index in [1.165, 1.54) is 43.2 Å². The van der Waals surface area contributed by atoms with E-state index in [1.807, 2.05) is 60.7 Å². The predicted octanol–water partition coefficient (Wildman–Crippen LogP) is 9.50. The van der Waals surface area contributed by atoms with E-state index < -0.39 is 0 Å². The summed E-state index contributed by atoms with van der Waals surface area (Å²) in [4.78, 5) is 0. The average molecular weight is 501 g/mol. The molecule has 0 atom stereocenters. The van der Waals surface area contributed by atoms with Crippen LogP contribution >= 0.6 is 0 Å². The molecule has 4 aromatic rings. The van der Waals surface area contributed by atoms with Gasteiger partial charge in [0.2, 0.25) is 0 Å². The highest BCUT2D eigenvalue weighted by Crippen LogP contribution is 2.23.